The molecule has 5 nitrogen and oxygen atoms in total. The molecule has 5 heteroatoms. The van der Waals surface area contributed by atoms with Crippen molar-refractivity contribution < 1.29 is 4.79 Å². The molecular weight excluding hydrogens is 252 g/mol. The number of fused-ring (bicyclic) bond motifs is 1. The molecule has 1 saturated carbocycles. The van der Waals surface area contributed by atoms with Crippen LogP contribution in [0.3, 0.4) is 0 Å². The van der Waals surface area contributed by atoms with Gasteiger partial charge in [0.1, 0.15) is 6.04 Å². The summed E-state index contributed by atoms with van der Waals surface area (Å²) in [6.45, 7) is 1.86. The number of amides is 1. The number of rotatable bonds is 4. The standard InChI is InChI=1S/C15H18N4O/c1-9(15(20)19-10-2-3-10)18-14-5-4-13(16)12-8-17-7-6-11(12)14/h4-10,18H,2-3,16H2,1H3,(H,19,20). The van der Waals surface area contributed by atoms with Crippen LogP contribution in [-0.2, 0) is 4.79 Å². The Bertz CT molecular complexity index is 651. The molecule has 104 valence electrons. The highest BCUT2D eigenvalue weighted by Gasteiger charge is 2.25. The molecular formula is C15H18N4O. The second-order valence-corrected chi connectivity index (χ2v) is 5.27. The molecule has 1 atom stereocenters. The van der Waals surface area contributed by atoms with Gasteiger partial charge in [0.25, 0.3) is 0 Å². The largest absolute Gasteiger partial charge is 0.398 e. The fraction of sp³-hybridized carbons (Fsp3) is 0.333. The zero-order valence-corrected chi connectivity index (χ0v) is 11.4. The Labute approximate surface area is 117 Å². The highest BCUT2D eigenvalue weighted by Crippen LogP contribution is 2.28. The van der Waals surface area contributed by atoms with Crippen LogP contribution in [0.15, 0.2) is 30.6 Å². The van der Waals surface area contributed by atoms with Gasteiger partial charge in [-0.1, -0.05) is 0 Å². The second-order valence-electron chi connectivity index (χ2n) is 5.27. The summed E-state index contributed by atoms with van der Waals surface area (Å²) in [6, 6.07) is 5.73. The van der Waals surface area contributed by atoms with E-state index in [2.05, 4.69) is 15.6 Å². The summed E-state index contributed by atoms with van der Waals surface area (Å²) in [5.74, 6) is 0.0338. The molecule has 0 bridgehead atoms. The summed E-state index contributed by atoms with van der Waals surface area (Å²) in [4.78, 5) is 16.1. The number of carbonyl (C=O) groups is 1. The third-order valence-electron chi connectivity index (χ3n) is 3.54. The van der Waals surface area contributed by atoms with Crippen LogP contribution in [-0.4, -0.2) is 23.0 Å². The fourth-order valence-corrected chi connectivity index (χ4v) is 2.19. The predicted molar refractivity (Wildman–Crippen MR) is 80.4 cm³/mol. The number of anilines is 2. The van der Waals surface area contributed by atoms with Crippen molar-refractivity contribution in [3.8, 4) is 0 Å². The molecule has 0 saturated heterocycles. The number of pyridine rings is 1. The average Bonchev–Trinajstić information content (AvgIpc) is 3.26. The molecule has 1 aliphatic rings. The molecule has 1 aliphatic carbocycles. The number of hydrogen-bond donors (Lipinski definition) is 3. The summed E-state index contributed by atoms with van der Waals surface area (Å²) in [6.07, 6.45) is 5.65. The Hall–Kier alpha value is -2.30. The number of hydrogen-bond acceptors (Lipinski definition) is 4. The number of aromatic nitrogens is 1. The van der Waals surface area contributed by atoms with Crippen molar-refractivity contribution in [3.05, 3.63) is 30.6 Å². The van der Waals surface area contributed by atoms with E-state index in [1.807, 2.05) is 25.1 Å². The minimum Gasteiger partial charge on any atom is -0.398 e. The lowest BCUT2D eigenvalue weighted by molar-refractivity contribution is -0.121. The number of nitrogens with two attached hydrogens (primary N) is 1. The van der Waals surface area contributed by atoms with E-state index in [0.717, 1.165) is 29.3 Å². The van der Waals surface area contributed by atoms with Crippen LogP contribution in [0.1, 0.15) is 19.8 Å². The number of nitrogens with zero attached hydrogens (tertiary/aromatic N) is 1. The van der Waals surface area contributed by atoms with E-state index in [9.17, 15) is 4.79 Å². The predicted octanol–water partition coefficient (Wildman–Crippen LogP) is 1.90. The molecule has 20 heavy (non-hydrogen) atoms. The average molecular weight is 270 g/mol. The van der Waals surface area contributed by atoms with Gasteiger partial charge in [0.15, 0.2) is 0 Å². The summed E-state index contributed by atoms with van der Waals surface area (Å²) in [5.41, 5.74) is 7.53. The number of nitrogens with one attached hydrogen (secondary N) is 2. The van der Waals surface area contributed by atoms with E-state index in [1.54, 1.807) is 12.4 Å². The van der Waals surface area contributed by atoms with Gasteiger partial charge in [-0.15, -0.1) is 0 Å². The van der Waals surface area contributed by atoms with Gasteiger partial charge in [0.2, 0.25) is 5.91 Å². The van der Waals surface area contributed by atoms with Crippen molar-refractivity contribution in [2.45, 2.75) is 31.8 Å². The van der Waals surface area contributed by atoms with Crippen molar-refractivity contribution in [2.75, 3.05) is 11.1 Å². The maximum absolute atomic E-state index is 12.0. The van der Waals surface area contributed by atoms with Crippen LogP contribution < -0.4 is 16.4 Å². The summed E-state index contributed by atoms with van der Waals surface area (Å²) in [7, 11) is 0. The molecule has 1 aromatic heterocycles. The van der Waals surface area contributed by atoms with Crippen molar-refractivity contribution in [1.29, 1.82) is 0 Å². The Kier molecular flexibility index (Phi) is 3.18. The van der Waals surface area contributed by atoms with E-state index < -0.39 is 0 Å². The quantitative estimate of drug-likeness (QED) is 0.741. The molecule has 0 aliphatic heterocycles. The molecule has 1 amide bonds. The molecule has 1 unspecified atom stereocenters. The Balaban J connectivity index is 1.83. The van der Waals surface area contributed by atoms with Crippen LogP contribution in [0.25, 0.3) is 10.8 Å². The molecule has 1 heterocycles. The van der Waals surface area contributed by atoms with Gasteiger partial charge in [0, 0.05) is 40.6 Å². The van der Waals surface area contributed by atoms with Gasteiger partial charge in [-0.2, -0.15) is 0 Å². The van der Waals surface area contributed by atoms with Gasteiger partial charge in [0.05, 0.1) is 0 Å². The lowest BCUT2D eigenvalue weighted by atomic mass is 10.1. The zero-order chi connectivity index (χ0) is 14.1. The fourth-order valence-electron chi connectivity index (χ4n) is 2.19. The van der Waals surface area contributed by atoms with E-state index in [4.69, 9.17) is 5.73 Å². The minimum absolute atomic E-state index is 0.0338. The Morgan fingerprint density at radius 1 is 1.35 bits per heavy atom. The monoisotopic (exact) mass is 270 g/mol. The van der Waals surface area contributed by atoms with E-state index in [0.29, 0.717) is 11.7 Å². The highest BCUT2D eigenvalue weighted by atomic mass is 16.2. The molecule has 2 aromatic rings. The van der Waals surface area contributed by atoms with Crippen LogP contribution in [0.2, 0.25) is 0 Å². The van der Waals surface area contributed by atoms with E-state index in [-0.39, 0.29) is 11.9 Å². The number of benzene rings is 1. The molecule has 4 N–H and O–H groups in total. The SMILES string of the molecule is CC(Nc1ccc(N)c2cnccc12)C(=O)NC1CC1. The maximum Gasteiger partial charge on any atom is 0.242 e. The van der Waals surface area contributed by atoms with Crippen molar-refractivity contribution >= 4 is 28.1 Å². The Morgan fingerprint density at radius 3 is 2.90 bits per heavy atom. The second kappa shape index (κ2) is 5.00. The van der Waals surface area contributed by atoms with Gasteiger partial charge in [-0.3, -0.25) is 9.78 Å². The van der Waals surface area contributed by atoms with E-state index in [1.165, 1.54) is 0 Å². The van der Waals surface area contributed by atoms with Crippen LogP contribution >= 0.6 is 0 Å². The first-order chi connectivity index (χ1) is 9.65. The topological polar surface area (TPSA) is 80.0 Å². The van der Waals surface area contributed by atoms with Crippen molar-refractivity contribution in [2.24, 2.45) is 0 Å². The molecule has 0 spiro atoms. The zero-order valence-electron chi connectivity index (χ0n) is 11.4. The third kappa shape index (κ3) is 2.52. The summed E-state index contributed by atoms with van der Waals surface area (Å²) < 4.78 is 0. The lowest BCUT2D eigenvalue weighted by Crippen LogP contribution is -2.38. The number of carbonyl (C=O) groups excluding carboxylic acids is 1. The normalized spacial score (nSPS) is 15.8. The van der Waals surface area contributed by atoms with Gasteiger partial charge in [-0.05, 0) is 38.0 Å². The minimum atomic E-state index is -0.282. The van der Waals surface area contributed by atoms with Gasteiger partial charge in [-0.25, -0.2) is 0 Å². The highest BCUT2D eigenvalue weighted by molar-refractivity contribution is 6.01. The molecule has 3 rings (SSSR count). The summed E-state index contributed by atoms with van der Waals surface area (Å²) in [5, 5.41) is 8.12. The molecule has 1 aromatic carbocycles. The third-order valence-corrected chi connectivity index (χ3v) is 3.54. The first kappa shape index (κ1) is 12.7. The molecule has 1 fully saturated rings. The lowest BCUT2D eigenvalue weighted by Gasteiger charge is -2.17. The van der Waals surface area contributed by atoms with Gasteiger partial charge >= 0.3 is 0 Å². The van der Waals surface area contributed by atoms with Gasteiger partial charge < -0.3 is 16.4 Å². The van der Waals surface area contributed by atoms with Crippen LogP contribution in [0.5, 0.6) is 0 Å². The number of nitrogen functional groups attached to an aromatic ring is 1. The first-order valence-electron chi connectivity index (χ1n) is 6.84. The van der Waals surface area contributed by atoms with E-state index >= 15 is 0 Å². The summed E-state index contributed by atoms with van der Waals surface area (Å²) >= 11 is 0. The Morgan fingerprint density at radius 2 is 2.15 bits per heavy atom. The van der Waals surface area contributed by atoms with Crippen molar-refractivity contribution in [3.63, 3.8) is 0 Å². The van der Waals surface area contributed by atoms with Crippen LogP contribution in [0.4, 0.5) is 11.4 Å². The van der Waals surface area contributed by atoms with Crippen LogP contribution in [0, 0.1) is 0 Å². The molecule has 0 radical (unpaired) electrons. The van der Waals surface area contributed by atoms with Crippen molar-refractivity contribution in [1.82, 2.24) is 10.3 Å². The maximum atomic E-state index is 12.0. The smallest absolute Gasteiger partial charge is 0.242 e. The first-order valence-corrected chi connectivity index (χ1v) is 6.84.